The Morgan fingerprint density at radius 3 is 1.47 bits per heavy atom. The zero-order valence-corrected chi connectivity index (χ0v) is 23.4. The van der Waals surface area contributed by atoms with Crippen LogP contribution >= 0.6 is 0 Å². The second-order valence-electron chi connectivity index (χ2n) is 9.98. The highest BCUT2D eigenvalue weighted by atomic mass is 16.1. The first-order valence-electron chi connectivity index (χ1n) is 15.0. The maximum Gasteiger partial charge on any atom is 0.243 e. The van der Waals surface area contributed by atoms with E-state index in [1.807, 2.05) is 6.08 Å². The molecule has 1 N–H and O–H groups in total. The molecule has 0 aliphatic carbocycles. The van der Waals surface area contributed by atoms with Gasteiger partial charge in [-0.3, -0.25) is 4.79 Å². The minimum Gasteiger partial charge on any atom is -0.356 e. The molecule has 0 fully saturated rings. The van der Waals surface area contributed by atoms with Gasteiger partial charge in [0.2, 0.25) is 5.91 Å². The van der Waals surface area contributed by atoms with Gasteiger partial charge >= 0.3 is 0 Å². The van der Waals surface area contributed by atoms with Gasteiger partial charge in [0, 0.05) is 13.1 Å². The molecule has 0 aliphatic rings. The Kier molecular flexibility index (Phi) is 26.9. The van der Waals surface area contributed by atoms with Crippen LogP contribution in [0.1, 0.15) is 155 Å². The van der Waals surface area contributed by atoms with Crippen molar-refractivity contribution in [3.63, 3.8) is 0 Å². The van der Waals surface area contributed by atoms with Gasteiger partial charge in [-0.2, -0.15) is 0 Å². The first kappa shape index (κ1) is 32.7. The molecule has 0 heterocycles. The molecule has 0 bridgehead atoms. The third-order valence-electron chi connectivity index (χ3n) is 6.63. The van der Waals surface area contributed by atoms with Crippen molar-refractivity contribution >= 4 is 5.91 Å². The molecule has 0 unspecified atom stereocenters. The third kappa shape index (κ3) is 25.3. The fourth-order valence-corrected chi connectivity index (χ4v) is 4.35. The molecule has 0 aromatic carbocycles. The van der Waals surface area contributed by atoms with Crippen molar-refractivity contribution in [3.05, 3.63) is 36.0 Å². The van der Waals surface area contributed by atoms with Crippen LogP contribution in [0, 0.1) is 0 Å². The molecular weight excluding hydrogens is 414 g/mol. The number of hydrogen-bond acceptors (Lipinski definition) is 1. The van der Waals surface area contributed by atoms with Crippen molar-refractivity contribution in [1.82, 2.24) is 5.32 Å². The van der Waals surface area contributed by atoms with Gasteiger partial charge in [-0.15, -0.1) is 0 Å². The van der Waals surface area contributed by atoms with E-state index in [1.54, 1.807) is 7.05 Å². The molecule has 198 valence electrons. The van der Waals surface area contributed by atoms with Gasteiger partial charge in [0.1, 0.15) is 0 Å². The van der Waals surface area contributed by atoms with Crippen LogP contribution in [0.3, 0.4) is 0 Å². The maximum absolute atomic E-state index is 11.8. The van der Waals surface area contributed by atoms with Gasteiger partial charge in [-0.05, 0) is 57.8 Å². The minimum atomic E-state index is 0.0648. The van der Waals surface area contributed by atoms with Crippen molar-refractivity contribution in [2.24, 2.45) is 0 Å². The molecule has 34 heavy (non-hydrogen) atoms. The zero-order valence-electron chi connectivity index (χ0n) is 23.4. The van der Waals surface area contributed by atoms with E-state index in [-0.39, 0.29) is 5.91 Å². The molecular formula is C32H59NO. The van der Waals surface area contributed by atoms with Gasteiger partial charge in [0.25, 0.3) is 0 Å². The van der Waals surface area contributed by atoms with E-state index in [1.165, 1.54) is 128 Å². The molecule has 0 saturated heterocycles. The summed E-state index contributed by atoms with van der Waals surface area (Å²) in [5.74, 6) is 0.0648. The average molecular weight is 474 g/mol. The Balaban J connectivity index is 3.70. The van der Waals surface area contributed by atoms with Crippen LogP contribution in [0.15, 0.2) is 36.0 Å². The van der Waals surface area contributed by atoms with Gasteiger partial charge in [-0.25, -0.2) is 0 Å². The molecule has 0 atom stereocenters. The van der Waals surface area contributed by atoms with Crippen LogP contribution < -0.4 is 5.32 Å². The summed E-state index contributed by atoms with van der Waals surface area (Å²) in [4.78, 5) is 11.8. The summed E-state index contributed by atoms with van der Waals surface area (Å²) in [6.45, 7) is 4.53. The van der Waals surface area contributed by atoms with Crippen molar-refractivity contribution in [1.29, 1.82) is 0 Å². The Bertz CT molecular complexity index is 517. The second kappa shape index (κ2) is 27.9. The summed E-state index contributed by atoms with van der Waals surface area (Å²) in [7, 11) is 1.73. The SMILES string of the molecule is CCCCC/C=C\C/C=C\CCCCCCCCC/C(=C/C(=O)NC)CCCCCCCCC. The Morgan fingerprint density at radius 2 is 0.971 bits per heavy atom. The van der Waals surface area contributed by atoms with Crippen molar-refractivity contribution in [2.45, 2.75) is 155 Å². The predicted molar refractivity (Wildman–Crippen MR) is 153 cm³/mol. The summed E-state index contributed by atoms with van der Waals surface area (Å²) >= 11 is 0. The predicted octanol–water partition coefficient (Wildman–Crippen LogP) is 10.4. The van der Waals surface area contributed by atoms with E-state index in [9.17, 15) is 4.79 Å². The van der Waals surface area contributed by atoms with Gasteiger partial charge < -0.3 is 5.32 Å². The average Bonchev–Trinajstić information content (AvgIpc) is 2.84. The van der Waals surface area contributed by atoms with E-state index < -0.39 is 0 Å². The van der Waals surface area contributed by atoms with Crippen LogP contribution in [0.2, 0.25) is 0 Å². The topological polar surface area (TPSA) is 29.1 Å². The third-order valence-corrected chi connectivity index (χ3v) is 6.63. The molecule has 0 aromatic rings. The van der Waals surface area contributed by atoms with Crippen LogP contribution in [-0.4, -0.2) is 13.0 Å². The number of carbonyl (C=O) groups excluding carboxylic acids is 1. The Hall–Kier alpha value is -1.31. The molecule has 0 spiro atoms. The number of carbonyl (C=O) groups is 1. The van der Waals surface area contributed by atoms with E-state index in [4.69, 9.17) is 0 Å². The lowest BCUT2D eigenvalue weighted by Gasteiger charge is -2.08. The number of nitrogens with one attached hydrogen (secondary N) is 1. The Labute approximate surface area is 214 Å². The lowest BCUT2D eigenvalue weighted by Crippen LogP contribution is -2.15. The molecule has 2 heteroatoms. The fraction of sp³-hybridized carbons (Fsp3) is 0.781. The number of allylic oxidation sites excluding steroid dienone is 5. The van der Waals surface area contributed by atoms with E-state index in [2.05, 4.69) is 43.5 Å². The number of unbranched alkanes of at least 4 members (excludes halogenated alkanes) is 16. The van der Waals surface area contributed by atoms with Crippen LogP contribution in [0.25, 0.3) is 0 Å². The first-order valence-corrected chi connectivity index (χ1v) is 15.0. The first-order chi connectivity index (χ1) is 16.7. The zero-order chi connectivity index (χ0) is 25.0. The van der Waals surface area contributed by atoms with Gasteiger partial charge in [0.05, 0.1) is 0 Å². The smallest absolute Gasteiger partial charge is 0.243 e. The quantitative estimate of drug-likeness (QED) is 0.0797. The molecule has 0 radical (unpaired) electrons. The van der Waals surface area contributed by atoms with Crippen molar-refractivity contribution < 1.29 is 4.79 Å². The number of amides is 1. The molecule has 0 aromatic heterocycles. The molecule has 1 amide bonds. The lowest BCUT2D eigenvalue weighted by atomic mass is 9.98. The van der Waals surface area contributed by atoms with Crippen LogP contribution in [-0.2, 0) is 4.79 Å². The van der Waals surface area contributed by atoms with E-state index in [0.717, 1.165) is 19.3 Å². The van der Waals surface area contributed by atoms with Crippen molar-refractivity contribution in [3.8, 4) is 0 Å². The van der Waals surface area contributed by atoms with Crippen molar-refractivity contribution in [2.75, 3.05) is 7.05 Å². The standard InChI is InChI=1S/C32H59NO/c1-4-6-8-10-12-13-14-15-16-17-18-19-20-21-23-25-27-29-31(30-32(34)33-3)28-26-24-22-11-9-7-5-2/h12-13,15-16,30H,4-11,14,17-29H2,1-3H3,(H,33,34)/b13-12-,16-15-,31-30+. The Morgan fingerprint density at radius 1 is 0.559 bits per heavy atom. The molecule has 0 rings (SSSR count). The van der Waals surface area contributed by atoms with Crippen LogP contribution in [0.5, 0.6) is 0 Å². The lowest BCUT2D eigenvalue weighted by molar-refractivity contribution is -0.116. The number of hydrogen-bond donors (Lipinski definition) is 1. The fourth-order valence-electron chi connectivity index (χ4n) is 4.35. The summed E-state index contributed by atoms with van der Waals surface area (Å²) in [5.41, 5.74) is 1.36. The summed E-state index contributed by atoms with van der Waals surface area (Å²) in [6, 6.07) is 0. The molecule has 2 nitrogen and oxygen atoms in total. The summed E-state index contributed by atoms with van der Waals surface area (Å²) in [5, 5.41) is 2.76. The molecule has 0 aliphatic heterocycles. The molecule has 0 saturated carbocycles. The summed E-state index contributed by atoms with van der Waals surface area (Å²) < 4.78 is 0. The number of rotatable bonds is 25. The van der Waals surface area contributed by atoms with E-state index >= 15 is 0 Å². The highest BCUT2D eigenvalue weighted by molar-refractivity contribution is 5.87. The minimum absolute atomic E-state index is 0.0648. The van der Waals surface area contributed by atoms with E-state index in [0.29, 0.717) is 0 Å². The highest BCUT2D eigenvalue weighted by Gasteiger charge is 2.02. The van der Waals surface area contributed by atoms with Gasteiger partial charge in [-0.1, -0.05) is 127 Å². The number of likely N-dealkylation sites (N-methyl/N-ethyl adjacent to an activating group) is 1. The van der Waals surface area contributed by atoms with Crippen LogP contribution in [0.4, 0.5) is 0 Å². The largest absolute Gasteiger partial charge is 0.356 e. The summed E-state index contributed by atoms with van der Waals surface area (Å²) in [6.07, 6.45) is 39.6. The van der Waals surface area contributed by atoms with Gasteiger partial charge in [0.15, 0.2) is 0 Å². The highest BCUT2D eigenvalue weighted by Crippen LogP contribution is 2.19. The normalized spacial score (nSPS) is 12.3. The second-order valence-corrected chi connectivity index (χ2v) is 9.98. The maximum atomic E-state index is 11.8. The monoisotopic (exact) mass is 473 g/mol.